The molecule has 0 atom stereocenters. The van der Waals surface area contributed by atoms with Crippen LogP contribution in [-0.4, -0.2) is 7.11 Å². The van der Waals surface area contributed by atoms with Crippen molar-refractivity contribution in [1.82, 2.24) is 0 Å². The van der Waals surface area contributed by atoms with Crippen LogP contribution in [0.25, 0.3) is 11.1 Å². The van der Waals surface area contributed by atoms with Gasteiger partial charge in [-0.2, -0.15) is 5.26 Å². The average molecular weight is 245 g/mol. The van der Waals surface area contributed by atoms with E-state index in [0.717, 1.165) is 6.07 Å². The minimum absolute atomic E-state index is 0.0641. The Bertz CT molecular complexity index is 632. The van der Waals surface area contributed by atoms with E-state index in [-0.39, 0.29) is 16.7 Å². The molecule has 0 unspecified atom stereocenters. The van der Waals surface area contributed by atoms with E-state index in [1.807, 2.05) is 6.07 Å². The predicted molar refractivity (Wildman–Crippen MR) is 63.1 cm³/mol. The molecule has 2 rings (SSSR count). The van der Waals surface area contributed by atoms with Gasteiger partial charge in [0, 0.05) is 17.2 Å². The van der Waals surface area contributed by atoms with E-state index < -0.39 is 11.6 Å². The summed E-state index contributed by atoms with van der Waals surface area (Å²) >= 11 is 0. The Kier molecular flexibility index (Phi) is 3.24. The van der Waals surface area contributed by atoms with E-state index in [0.29, 0.717) is 5.75 Å². The fourth-order valence-corrected chi connectivity index (χ4v) is 1.64. The molecule has 0 N–H and O–H groups in total. The minimum Gasteiger partial charge on any atom is -0.497 e. The van der Waals surface area contributed by atoms with Crippen LogP contribution in [0, 0.1) is 23.0 Å². The molecule has 2 nitrogen and oxygen atoms in total. The lowest BCUT2D eigenvalue weighted by molar-refractivity contribution is 0.411. The molecule has 2 aromatic carbocycles. The van der Waals surface area contributed by atoms with Crippen LogP contribution in [-0.2, 0) is 0 Å². The van der Waals surface area contributed by atoms with Gasteiger partial charge in [-0.15, -0.1) is 0 Å². The monoisotopic (exact) mass is 245 g/mol. The van der Waals surface area contributed by atoms with Crippen molar-refractivity contribution in [2.24, 2.45) is 0 Å². The van der Waals surface area contributed by atoms with Crippen molar-refractivity contribution in [2.75, 3.05) is 7.11 Å². The number of halogens is 2. The highest BCUT2D eigenvalue weighted by atomic mass is 19.1. The van der Waals surface area contributed by atoms with E-state index >= 15 is 0 Å². The van der Waals surface area contributed by atoms with Crippen LogP contribution in [0.3, 0.4) is 0 Å². The zero-order valence-electron chi connectivity index (χ0n) is 9.58. The summed E-state index contributed by atoms with van der Waals surface area (Å²) in [5, 5.41) is 8.77. The van der Waals surface area contributed by atoms with E-state index in [9.17, 15) is 8.78 Å². The van der Waals surface area contributed by atoms with Gasteiger partial charge in [-0.1, -0.05) is 0 Å². The summed E-state index contributed by atoms with van der Waals surface area (Å²) in [6.45, 7) is 0. The highest BCUT2D eigenvalue weighted by Gasteiger charge is 2.11. The Morgan fingerprint density at radius 2 is 1.78 bits per heavy atom. The lowest BCUT2D eigenvalue weighted by atomic mass is 10.0. The summed E-state index contributed by atoms with van der Waals surface area (Å²) in [5.74, 6) is -0.811. The quantitative estimate of drug-likeness (QED) is 0.811. The SMILES string of the molecule is COc1ccc(-c2cc(C#N)ccc2F)c(F)c1. The topological polar surface area (TPSA) is 33.0 Å². The van der Waals surface area contributed by atoms with Gasteiger partial charge in [0.05, 0.1) is 18.7 Å². The van der Waals surface area contributed by atoms with E-state index in [2.05, 4.69) is 0 Å². The summed E-state index contributed by atoms with van der Waals surface area (Å²) in [5.41, 5.74) is 0.446. The largest absolute Gasteiger partial charge is 0.497 e. The highest BCUT2D eigenvalue weighted by molar-refractivity contribution is 5.67. The minimum atomic E-state index is -0.594. The molecule has 0 aliphatic heterocycles. The third kappa shape index (κ3) is 2.16. The number of benzene rings is 2. The van der Waals surface area contributed by atoms with Gasteiger partial charge in [-0.05, 0) is 30.3 Å². The Morgan fingerprint density at radius 1 is 1.00 bits per heavy atom. The summed E-state index contributed by atoms with van der Waals surface area (Å²) in [7, 11) is 1.42. The molecule has 0 bridgehead atoms. The van der Waals surface area contributed by atoms with Gasteiger partial charge in [-0.3, -0.25) is 0 Å². The Morgan fingerprint density at radius 3 is 2.39 bits per heavy atom. The number of methoxy groups -OCH3 is 1. The van der Waals surface area contributed by atoms with Crippen molar-refractivity contribution in [1.29, 1.82) is 5.26 Å². The molecule has 0 radical (unpaired) electrons. The lowest BCUT2D eigenvalue weighted by Crippen LogP contribution is -1.91. The van der Waals surface area contributed by atoms with E-state index in [1.165, 1.54) is 37.4 Å². The molecule has 4 heteroatoms. The van der Waals surface area contributed by atoms with E-state index in [1.54, 1.807) is 0 Å². The normalized spacial score (nSPS) is 9.89. The summed E-state index contributed by atoms with van der Waals surface area (Å²) in [4.78, 5) is 0. The number of ether oxygens (including phenoxy) is 1. The van der Waals surface area contributed by atoms with Crippen LogP contribution >= 0.6 is 0 Å². The van der Waals surface area contributed by atoms with Crippen molar-refractivity contribution in [3.8, 4) is 22.9 Å². The molecule has 0 spiro atoms. The maximum atomic E-state index is 13.8. The maximum absolute atomic E-state index is 13.8. The number of hydrogen-bond donors (Lipinski definition) is 0. The molecule has 0 saturated carbocycles. The van der Waals surface area contributed by atoms with Crippen molar-refractivity contribution in [2.45, 2.75) is 0 Å². The molecule has 0 amide bonds. The van der Waals surface area contributed by atoms with Crippen LogP contribution in [0.1, 0.15) is 5.56 Å². The smallest absolute Gasteiger partial charge is 0.134 e. The van der Waals surface area contributed by atoms with Crippen LogP contribution in [0.5, 0.6) is 5.75 Å². The third-order valence-corrected chi connectivity index (χ3v) is 2.56. The third-order valence-electron chi connectivity index (χ3n) is 2.56. The zero-order chi connectivity index (χ0) is 13.1. The molecule has 0 fully saturated rings. The van der Waals surface area contributed by atoms with Gasteiger partial charge in [-0.25, -0.2) is 8.78 Å². The molecule has 0 heterocycles. The molecular weight excluding hydrogens is 236 g/mol. The number of rotatable bonds is 2. The lowest BCUT2D eigenvalue weighted by Gasteiger charge is -2.07. The van der Waals surface area contributed by atoms with Crippen molar-refractivity contribution in [3.05, 3.63) is 53.6 Å². The average Bonchev–Trinajstić information content (AvgIpc) is 2.39. The summed E-state index contributed by atoms with van der Waals surface area (Å²) in [6, 6.07) is 9.85. The standard InChI is InChI=1S/C14H9F2NO/c1-18-10-3-4-11(14(16)7-10)12-6-9(8-17)2-5-13(12)15/h2-7H,1H3. The number of nitrogens with zero attached hydrogens (tertiary/aromatic N) is 1. The van der Waals surface area contributed by atoms with Crippen LogP contribution < -0.4 is 4.74 Å². The fraction of sp³-hybridized carbons (Fsp3) is 0.0714. The molecular formula is C14H9F2NO. The first-order chi connectivity index (χ1) is 8.65. The van der Waals surface area contributed by atoms with Gasteiger partial charge in [0.1, 0.15) is 17.4 Å². The number of nitriles is 1. The van der Waals surface area contributed by atoms with Crippen LogP contribution in [0.15, 0.2) is 36.4 Å². The molecule has 0 aromatic heterocycles. The first kappa shape index (κ1) is 12.1. The predicted octanol–water partition coefficient (Wildman–Crippen LogP) is 3.51. The Balaban J connectivity index is 2.58. The van der Waals surface area contributed by atoms with Crippen molar-refractivity contribution >= 4 is 0 Å². The van der Waals surface area contributed by atoms with Gasteiger partial charge < -0.3 is 4.74 Å². The highest BCUT2D eigenvalue weighted by Crippen LogP contribution is 2.28. The molecule has 18 heavy (non-hydrogen) atoms. The second-order valence-corrected chi connectivity index (χ2v) is 3.65. The van der Waals surface area contributed by atoms with Crippen LogP contribution in [0.4, 0.5) is 8.78 Å². The molecule has 0 saturated heterocycles. The molecule has 0 aliphatic carbocycles. The molecule has 0 aliphatic rings. The van der Waals surface area contributed by atoms with Crippen LogP contribution in [0.2, 0.25) is 0 Å². The maximum Gasteiger partial charge on any atom is 0.134 e. The first-order valence-corrected chi connectivity index (χ1v) is 5.19. The zero-order valence-corrected chi connectivity index (χ0v) is 9.58. The van der Waals surface area contributed by atoms with Gasteiger partial charge in [0.2, 0.25) is 0 Å². The van der Waals surface area contributed by atoms with Gasteiger partial charge in [0.15, 0.2) is 0 Å². The summed E-state index contributed by atoms with van der Waals surface area (Å²) in [6.07, 6.45) is 0. The van der Waals surface area contributed by atoms with Crippen molar-refractivity contribution in [3.63, 3.8) is 0 Å². The van der Waals surface area contributed by atoms with E-state index in [4.69, 9.17) is 10.00 Å². The van der Waals surface area contributed by atoms with Gasteiger partial charge >= 0.3 is 0 Å². The number of hydrogen-bond acceptors (Lipinski definition) is 2. The Hall–Kier alpha value is -2.41. The first-order valence-electron chi connectivity index (χ1n) is 5.19. The Labute approximate surface area is 103 Å². The van der Waals surface area contributed by atoms with Gasteiger partial charge in [0.25, 0.3) is 0 Å². The second kappa shape index (κ2) is 4.84. The molecule has 2 aromatic rings. The van der Waals surface area contributed by atoms with Crippen molar-refractivity contribution < 1.29 is 13.5 Å². The fourth-order valence-electron chi connectivity index (χ4n) is 1.64. The second-order valence-electron chi connectivity index (χ2n) is 3.65. The summed E-state index contributed by atoms with van der Waals surface area (Å²) < 4.78 is 32.3. The molecule has 90 valence electrons.